The van der Waals surface area contributed by atoms with Gasteiger partial charge in [0.25, 0.3) is 5.91 Å². The summed E-state index contributed by atoms with van der Waals surface area (Å²) in [7, 11) is 0. The van der Waals surface area contributed by atoms with Crippen LogP contribution in [0, 0.1) is 6.92 Å². The second kappa shape index (κ2) is 11.1. The van der Waals surface area contributed by atoms with E-state index in [-0.39, 0.29) is 11.7 Å². The summed E-state index contributed by atoms with van der Waals surface area (Å²) < 4.78 is 39.5. The van der Waals surface area contributed by atoms with Gasteiger partial charge in [-0.25, -0.2) is 9.97 Å². The molecule has 8 heteroatoms. The first-order chi connectivity index (χ1) is 17.2. The number of anilines is 1. The SMILES string of the molecule is CCCCCc1ccc(C(=O)N2CCN(c3cc(C)nc(-c4cccc(C(F)(F)F)c4)n3)CC2)cc1. The summed E-state index contributed by atoms with van der Waals surface area (Å²) >= 11 is 0. The third-order valence-corrected chi connectivity index (χ3v) is 6.45. The molecule has 0 radical (unpaired) electrons. The molecule has 190 valence electrons. The normalized spacial score (nSPS) is 14.2. The first kappa shape index (κ1) is 25.7. The van der Waals surface area contributed by atoms with Gasteiger partial charge in [0, 0.05) is 49.1 Å². The number of halogens is 3. The topological polar surface area (TPSA) is 49.3 Å². The molecule has 2 heterocycles. The van der Waals surface area contributed by atoms with Crippen molar-refractivity contribution >= 4 is 11.7 Å². The van der Waals surface area contributed by atoms with Crippen molar-refractivity contribution in [2.75, 3.05) is 31.1 Å². The Kier molecular flexibility index (Phi) is 7.91. The molecule has 0 unspecified atom stereocenters. The van der Waals surface area contributed by atoms with E-state index in [1.54, 1.807) is 13.0 Å². The molecule has 1 aliphatic heterocycles. The summed E-state index contributed by atoms with van der Waals surface area (Å²) in [5.41, 5.74) is 2.20. The van der Waals surface area contributed by atoms with E-state index in [9.17, 15) is 18.0 Å². The Morgan fingerprint density at radius 1 is 0.944 bits per heavy atom. The van der Waals surface area contributed by atoms with Crippen LogP contribution in [0.3, 0.4) is 0 Å². The minimum absolute atomic E-state index is 0.0123. The van der Waals surface area contributed by atoms with E-state index < -0.39 is 11.7 Å². The highest BCUT2D eigenvalue weighted by molar-refractivity contribution is 5.94. The van der Waals surface area contributed by atoms with E-state index in [0.717, 1.165) is 25.0 Å². The minimum atomic E-state index is -4.43. The fourth-order valence-corrected chi connectivity index (χ4v) is 4.39. The van der Waals surface area contributed by atoms with Crippen LogP contribution < -0.4 is 4.90 Å². The summed E-state index contributed by atoms with van der Waals surface area (Å²) in [5.74, 6) is 0.922. The predicted molar refractivity (Wildman–Crippen MR) is 135 cm³/mol. The number of hydrogen-bond donors (Lipinski definition) is 0. The van der Waals surface area contributed by atoms with E-state index in [1.807, 2.05) is 40.1 Å². The number of nitrogens with zero attached hydrogens (tertiary/aromatic N) is 4. The number of rotatable bonds is 7. The highest BCUT2D eigenvalue weighted by Gasteiger charge is 2.31. The molecule has 0 N–H and O–H groups in total. The van der Waals surface area contributed by atoms with Gasteiger partial charge in [0.1, 0.15) is 5.82 Å². The second-order valence-electron chi connectivity index (χ2n) is 9.20. The Morgan fingerprint density at radius 3 is 2.33 bits per heavy atom. The molecule has 1 amide bonds. The fourth-order valence-electron chi connectivity index (χ4n) is 4.39. The van der Waals surface area contributed by atoms with Gasteiger partial charge in [0.2, 0.25) is 0 Å². The molecule has 1 aromatic heterocycles. The van der Waals surface area contributed by atoms with Crippen molar-refractivity contribution in [3.05, 3.63) is 77.0 Å². The Bertz CT molecular complexity index is 1190. The molecule has 0 aliphatic carbocycles. The zero-order chi connectivity index (χ0) is 25.7. The lowest BCUT2D eigenvalue weighted by Gasteiger charge is -2.35. The molecule has 2 aromatic carbocycles. The number of benzene rings is 2. The first-order valence-corrected chi connectivity index (χ1v) is 12.4. The largest absolute Gasteiger partial charge is 0.416 e. The van der Waals surface area contributed by atoms with Gasteiger partial charge < -0.3 is 9.80 Å². The van der Waals surface area contributed by atoms with Crippen LogP contribution in [0.1, 0.15) is 53.4 Å². The van der Waals surface area contributed by atoms with Gasteiger partial charge in [-0.15, -0.1) is 0 Å². The number of carbonyl (C=O) groups excluding carboxylic acids is 1. The fraction of sp³-hybridized carbons (Fsp3) is 0.393. The molecule has 0 bridgehead atoms. The van der Waals surface area contributed by atoms with Gasteiger partial charge in [-0.2, -0.15) is 13.2 Å². The molecular formula is C28H31F3N4O. The lowest BCUT2D eigenvalue weighted by molar-refractivity contribution is -0.137. The van der Waals surface area contributed by atoms with E-state index in [0.29, 0.717) is 48.8 Å². The van der Waals surface area contributed by atoms with Crippen molar-refractivity contribution in [3.8, 4) is 11.4 Å². The summed E-state index contributed by atoms with van der Waals surface area (Å²) in [4.78, 5) is 25.8. The number of amides is 1. The molecule has 3 aromatic rings. The van der Waals surface area contributed by atoms with Crippen LogP contribution in [0.4, 0.5) is 19.0 Å². The van der Waals surface area contributed by atoms with Crippen molar-refractivity contribution in [3.63, 3.8) is 0 Å². The van der Waals surface area contributed by atoms with Crippen molar-refractivity contribution in [2.45, 2.75) is 45.7 Å². The van der Waals surface area contributed by atoms with Crippen LogP contribution in [-0.2, 0) is 12.6 Å². The average Bonchev–Trinajstić information content (AvgIpc) is 2.88. The standard InChI is InChI=1S/C28H31F3N4O/c1-3-4-5-7-21-10-12-22(13-11-21)27(36)35-16-14-34(15-17-35)25-18-20(2)32-26(33-25)23-8-6-9-24(19-23)28(29,30)31/h6,8-13,18-19H,3-5,7,14-17H2,1-2H3. The maximum atomic E-state index is 13.2. The van der Waals surface area contributed by atoms with Gasteiger partial charge >= 0.3 is 6.18 Å². The predicted octanol–water partition coefficient (Wildman–Crippen LogP) is 6.17. The first-order valence-electron chi connectivity index (χ1n) is 12.4. The molecule has 4 rings (SSSR count). The van der Waals surface area contributed by atoms with Crippen LogP contribution in [0.15, 0.2) is 54.6 Å². The van der Waals surface area contributed by atoms with Gasteiger partial charge in [-0.3, -0.25) is 4.79 Å². The zero-order valence-electron chi connectivity index (χ0n) is 20.7. The molecule has 1 saturated heterocycles. The third kappa shape index (κ3) is 6.22. The maximum Gasteiger partial charge on any atom is 0.416 e. The Labute approximate surface area is 210 Å². The maximum absolute atomic E-state index is 13.2. The Morgan fingerprint density at radius 2 is 1.67 bits per heavy atom. The third-order valence-electron chi connectivity index (χ3n) is 6.45. The van der Waals surface area contributed by atoms with Crippen molar-refractivity contribution in [1.29, 1.82) is 0 Å². The summed E-state index contributed by atoms with van der Waals surface area (Å²) in [6.45, 7) is 6.23. The van der Waals surface area contributed by atoms with Crippen molar-refractivity contribution in [1.82, 2.24) is 14.9 Å². The second-order valence-corrected chi connectivity index (χ2v) is 9.20. The summed E-state index contributed by atoms with van der Waals surface area (Å²) in [6.07, 6.45) is 0.147. The van der Waals surface area contributed by atoms with E-state index in [4.69, 9.17) is 0 Å². The highest BCUT2D eigenvalue weighted by Crippen LogP contribution is 2.32. The number of hydrogen-bond acceptors (Lipinski definition) is 4. The van der Waals surface area contributed by atoms with Crippen LogP contribution in [0.25, 0.3) is 11.4 Å². The molecule has 0 atom stereocenters. The molecule has 5 nitrogen and oxygen atoms in total. The quantitative estimate of drug-likeness (QED) is 0.367. The number of aromatic nitrogens is 2. The van der Waals surface area contributed by atoms with Gasteiger partial charge in [-0.1, -0.05) is 44.0 Å². The Hall–Kier alpha value is -3.42. The number of piperazine rings is 1. The molecule has 0 spiro atoms. The van der Waals surface area contributed by atoms with Crippen LogP contribution in [0.2, 0.25) is 0 Å². The minimum Gasteiger partial charge on any atom is -0.353 e. The summed E-state index contributed by atoms with van der Waals surface area (Å²) in [6, 6.07) is 14.8. The average molecular weight is 497 g/mol. The molecular weight excluding hydrogens is 465 g/mol. The number of aryl methyl sites for hydroxylation is 2. The van der Waals surface area contributed by atoms with E-state index >= 15 is 0 Å². The molecule has 36 heavy (non-hydrogen) atoms. The molecule has 0 saturated carbocycles. The zero-order valence-corrected chi connectivity index (χ0v) is 20.7. The van der Waals surface area contributed by atoms with Gasteiger partial charge in [0.05, 0.1) is 5.56 Å². The van der Waals surface area contributed by atoms with Crippen LogP contribution in [0.5, 0.6) is 0 Å². The smallest absolute Gasteiger partial charge is 0.353 e. The summed E-state index contributed by atoms with van der Waals surface area (Å²) in [5, 5.41) is 0. The van der Waals surface area contributed by atoms with Crippen LogP contribution >= 0.6 is 0 Å². The lowest BCUT2D eigenvalue weighted by atomic mass is 10.0. The molecule has 1 aliphatic rings. The number of carbonyl (C=O) groups is 1. The van der Waals surface area contributed by atoms with Crippen molar-refractivity contribution < 1.29 is 18.0 Å². The molecule has 1 fully saturated rings. The number of alkyl halides is 3. The highest BCUT2D eigenvalue weighted by atomic mass is 19.4. The van der Waals surface area contributed by atoms with Crippen LogP contribution in [-0.4, -0.2) is 47.0 Å². The monoisotopic (exact) mass is 496 g/mol. The number of unbranched alkanes of at least 4 members (excludes halogenated alkanes) is 2. The Balaban J connectivity index is 1.42. The van der Waals surface area contributed by atoms with E-state index in [2.05, 4.69) is 16.9 Å². The van der Waals surface area contributed by atoms with Gasteiger partial charge in [-0.05, 0) is 49.6 Å². The lowest BCUT2D eigenvalue weighted by Crippen LogP contribution is -2.49. The van der Waals surface area contributed by atoms with E-state index in [1.165, 1.54) is 24.5 Å². The van der Waals surface area contributed by atoms with Gasteiger partial charge in [0.15, 0.2) is 5.82 Å². The van der Waals surface area contributed by atoms with Crippen molar-refractivity contribution in [2.24, 2.45) is 0 Å².